The predicted octanol–water partition coefficient (Wildman–Crippen LogP) is 3.67. The Balaban J connectivity index is 2.14. The molecule has 1 heterocycles. The first-order valence-corrected chi connectivity index (χ1v) is 8.34. The van der Waals surface area contributed by atoms with Crippen molar-refractivity contribution in [1.82, 2.24) is 10.2 Å². The number of hydrogen-bond donors (Lipinski definition) is 1. The van der Waals surface area contributed by atoms with Gasteiger partial charge in [0.2, 0.25) is 5.13 Å². The van der Waals surface area contributed by atoms with Gasteiger partial charge in [0.25, 0.3) is 5.91 Å². The van der Waals surface area contributed by atoms with Crippen LogP contribution in [0.1, 0.15) is 17.3 Å². The normalized spacial score (nSPS) is 10.3. The van der Waals surface area contributed by atoms with Crippen LogP contribution in [0.2, 0.25) is 0 Å². The molecule has 106 valence electrons. The minimum atomic E-state index is -0.250. The number of benzene rings is 1. The molecule has 0 atom stereocenters. The Kier molecular flexibility index (Phi) is 5.38. The van der Waals surface area contributed by atoms with Crippen molar-refractivity contribution in [3.05, 3.63) is 28.2 Å². The molecule has 1 amide bonds. The van der Waals surface area contributed by atoms with Crippen molar-refractivity contribution in [1.29, 1.82) is 0 Å². The van der Waals surface area contributed by atoms with Crippen molar-refractivity contribution in [3.8, 4) is 5.75 Å². The molecule has 0 fully saturated rings. The zero-order valence-electron chi connectivity index (χ0n) is 10.8. The average Bonchev–Trinajstić information content (AvgIpc) is 2.87. The van der Waals surface area contributed by atoms with Crippen molar-refractivity contribution in [2.24, 2.45) is 0 Å². The summed E-state index contributed by atoms with van der Waals surface area (Å²) in [6.45, 7) is 2.04. The number of ether oxygens (including phenoxy) is 1. The molecule has 0 aliphatic rings. The fourth-order valence-electron chi connectivity index (χ4n) is 1.41. The SMILES string of the molecule is CCSc1nnc(NC(=O)c2cc(OC)ccc2Br)s1. The maximum absolute atomic E-state index is 12.2. The van der Waals surface area contributed by atoms with Gasteiger partial charge in [-0.1, -0.05) is 30.0 Å². The lowest BCUT2D eigenvalue weighted by Gasteiger charge is -2.06. The van der Waals surface area contributed by atoms with E-state index < -0.39 is 0 Å². The number of hydrogen-bond acceptors (Lipinski definition) is 6. The van der Waals surface area contributed by atoms with Crippen LogP contribution in [0.25, 0.3) is 0 Å². The van der Waals surface area contributed by atoms with Crippen LogP contribution < -0.4 is 10.1 Å². The fourth-order valence-corrected chi connectivity index (χ4v) is 3.48. The molecule has 5 nitrogen and oxygen atoms in total. The van der Waals surface area contributed by atoms with Gasteiger partial charge >= 0.3 is 0 Å². The number of carbonyl (C=O) groups is 1. The standard InChI is InChI=1S/C12H12BrN3O2S2/c1-3-19-12-16-15-11(20-12)14-10(17)8-6-7(18-2)4-5-9(8)13/h4-6H,3H2,1-2H3,(H,14,15,17). The van der Waals surface area contributed by atoms with Crippen LogP contribution in [0, 0.1) is 0 Å². The number of nitrogens with zero attached hydrogens (tertiary/aromatic N) is 2. The zero-order chi connectivity index (χ0) is 14.5. The van der Waals surface area contributed by atoms with Gasteiger partial charge in [-0.15, -0.1) is 10.2 Å². The third-order valence-electron chi connectivity index (χ3n) is 2.31. The lowest BCUT2D eigenvalue weighted by atomic mass is 10.2. The number of nitrogens with one attached hydrogen (secondary N) is 1. The molecule has 1 aromatic carbocycles. The van der Waals surface area contributed by atoms with Gasteiger partial charge in [-0.25, -0.2) is 0 Å². The van der Waals surface area contributed by atoms with Gasteiger partial charge in [0, 0.05) is 4.47 Å². The van der Waals surface area contributed by atoms with E-state index in [9.17, 15) is 4.79 Å². The van der Waals surface area contributed by atoms with Gasteiger partial charge in [-0.05, 0) is 39.9 Å². The number of amides is 1. The third kappa shape index (κ3) is 3.71. The summed E-state index contributed by atoms with van der Waals surface area (Å²) >= 11 is 6.30. The van der Waals surface area contributed by atoms with Crippen molar-refractivity contribution in [2.45, 2.75) is 11.3 Å². The molecule has 0 aliphatic carbocycles. The molecule has 20 heavy (non-hydrogen) atoms. The largest absolute Gasteiger partial charge is 0.497 e. The molecular formula is C12H12BrN3O2S2. The smallest absolute Gasteiger partial charge is 0.258 e. The van der Waals surface area contributed by atoms with E-state index in [-0.39, 0.29) is 5.91 Å². The molecule has 1 N–H and O–H groups in total. The van der Waals surface area contributed by atoms with Crippen molar-refractivity contribution < 1.29 is 9.53 Å². The van der Waals surface area contributed by atoms with E-state index >= 15 is 0 Å². The lowest BCUT2D eigenvalue weighted by molar-refractivity contribution is 0.102. The van der Waals surface area contributed by atoms with E-state index in [2.05, 4.69) is 31.4 Å². The fraction of sp³-hybridized carbons (Fsp3) is 0.250. The van der Waals surface area contributed by atoms with Crippen LogP contribution in [0.15, 0.2) is 27.0 Å². The summed E-state index contributed by atoms with van der Waals surface area (Å²) in [4.78, 5) is 12.2. The second kappa shape index (κ2) is 7.05. The summed E-state index contributed by atoms with van der Waals surface area (Å²) in [6.07, 6.45) is 0. The average molecular weight is 374 g/mol. The van der Waals surface area contributed by atoms with Crippen LogP contribution in [0.3, 0.4) is 0 Å². The highest BCUT2D eigenvalue weighted by molar-refractivity contribution is 9.10. The first kappa shape index (κ1) is 15.3. The summed E-state index contributed by atoms with van der Waals surface area (Å²) in [5.41, 5.74) is 0.490. The Labute approximate surface area is 133 Å². The van der Waals surface area contributed by atoms with E-state index in [0.717, 1.165) is 10.1 Å². The maximum atomic E-state index is 12.2. The number of methoxy groups -OCH3 is 1. The molecule has 2 rings (SSSR count). The molecule has 0 spiro atoms. The van der Waals surface area contributed by atoms with Gasteiger partial charge in [0.05, 0.1) is 12.7 Å². The third-order valence-corrected chi connectivity index (χ3v) is 4.86. The number of aromatic nitrogens is 2. The number of rotatable bonds is 5. The summed E-state index contributed by atoms with van der Waals surface area (Å²) in [6, 6.07) is 5.22. The maximum Gasteiger partial charge on any atom is 0.258 e. The van der Waals surface area contributed by atoms with E-state index in [1.54, 1.807) is 37.1 Å². The Bertz CT molecular complexity index is 618. The summed E-state index contributed by atoms with van der Waals surface area (Å²) in [7, 11) is 1.56. The van der Waals surface area contributed by atoms with E-state index in [4.69, 9.17) is 4.74 Å². The minimum absolute atomic E-state index is 0.250. The predicted molar refractivity (Wildman–Crippen MR) is 85.0 cm³/mol. The first-order chi connectivity index (χ1) is 9.63. The number of halogens is 1. The highest BCUT2D eigenvalue weighted by atomic mass is 79.9. The van der Waals surface area contributed by atoms with Crippen LogP contribution in [0.5, 0.6) is 5.75 Å². The molecular weight excluding hydrogens is 362 g/mol. The molecule has 2 aromatic rings. The first-order valence-electron chi connectivity index (χ1n) is 5.75. The Morgan fingerprint density at radius 3 is 3.00 bits per heavy atom. The van der Waals surface area contributed by atoms with Crippen molar-refractivity contribution in [2.75, 3.05) is 18.2 Å². The Hall–Kier alpha value is -1.12. The Morgan fingerprint density at radius 2 is 2.30 bits per heavy atom. The monoisotopic (exact) mass is 373 g/mol. The van der Waals surface area contributed by atoms with Gasteiger partial charge in [-0.3, -0.25) is 10.1 Å². The number of carbonyl (C=O) groups excluding carboxylic acids is 1. The van der Waals surface area contributed by atoms with Crippen LogP contribution in [0.4, 0.5) is 5.13 Å². The second-order valence-corrected chi connectivity index (χ2v) is 6.95. The van der Waals surface area contributed by atoms with E-state index in [1.807, 2.05) is 6.92 Å². The quantitative estimate of drug-likeness (QED) is 0.639. The zero-order valence-corrected chi connectivity index (χ0v) is 14.1. The molecule has 8 heteroatoms. The molecule has 0 radical (unpaired) electrons. The second-order valence-electron chi connectivity index (χ2n) is 3.61. The van der Waals surface area contributed by atoms with Crippen LogP contribution >= 0.6 is 39.0 Å². The molecule has 0 saturated carbocycles. The Morgan fingerprint density at radius 1 is 1.50 bits per heavy atom. The van der Waals surface area contributed by atoms with Crippen molar-refractivity contribution >= 4 is 50.1 Å². The van der Waals surface area contributed by atoms with Gasteiger partial charge in [-0.2, -0.15) is 0 Å². The summed E-state index contributed by atoms with van der Waals surface area (Å²) < 4.78 is 6.65. The van der Waals surface area contributed by atoms with Gasteiger partial charge in [0.15, 0.2) is 4.34 Å². The molecule has 0 aliphatic heterocycles. The van der Waals surface area contributed by atoms with E-state index in [0.29, 0.717) is 20.9 Å². The van der Waals surface area contributed by atoms with Crippen LogP contribution in [-0.2, 0) is 0 Å². The molecule has 0 saturated heterocycles. The molecule has 1 aromatic heterocycles. The van der Waals surface area contributed by atoms with Gasteiger partial charge in [0.1, 0.15) is 5.75 Å². The van der Waals surface area contributed by atoms with Gasteiger partial charge < -0.3 is 4.74 Å². The minimum Gasteiger partial charge on any atom is -0.497 e. The summed E-state index contributed by atoms with van der Waals surface area (Å²) in [5, 5.41) is 11.2. The number of anilines is 1. The van der Waals surface area contributed by atoms with Crippen molar-refractivity contribution in [3.63, 3.8) is 0 Å². The summed E-state index contributed by atoms with van der Waals surface area (Å²) in [5.74, 6) is 1.29. The molecule has 0 bridgehead atoms. The van der Waals surface area contributed by atoms with Crippen LogP contribution in [-0.4, -0.2) is 29.0 Å². The highest BCUT2D eigenvalue weighted by Gasteiger charge is 2.14. The lowest BCUT2D eigenvalue weighted by Crippen LogP contribution is -2.12. The molecule has 0 unspecified atom stereocenters. The highest BCUT2D eigenvalue weighted by Crippen LogP contribution is 2.27. The number of thioether (sulfide) groups is 1. The topological polar surface area (TPSA) is 64.1 Å². The van der Waals surface area contributed by atoms with E-state index in [1.165, 1.54) is 11.3 Å².